The van der Waals surface area contributed by atoms with E-state index in [0.29, 0.717) is 35.2 Å². The van der Waals surface area contributed by atoms with Gasteiger partial charge in [-0.15, -0.1) is 11.3 Å². The summed E-state index contributed by atoms with van der Waals surface area (Å²) in [5, 5.41) is 5.92. The average Bonchev–Trinajstić information content (AvgIpc) is 3.14. The Kier molecular flexibility index (Phi) is 5.87. The number of carbonyl (C=O) groups is 2. The van der Waals surface area contributed by atoms with Crippen molar-refractivity contribution in [1.82, 2.24) is 15.6 Å². The maximum Gasteiger partial charge on any atom is 0.280 e. The van der Waals surface area contributed by atoms with Gasteiger partial charge in [0.15, 0.2) is 16.5 Å². The van der Waals surface area contributed by atoms with Gasteiger partial charge in [0.05, 0.1) is 24.4 Å². The number of hydrogen-bond donors (Lipinski definition) is 2. The van der Waals surface area contributed by atoms with Crippen molar-refractivity contribution in [2.75, 3.05) is 27.3 Å². The number of ether oxygens (including phenoxy) is 2. The van der Waals surface area contributed by atoms with Crippen molar-refractivity contribution < 1.29 is 19.1 Å². The average molecular weight is 385 g/mol. The fraction of sp³-hybridized carbons (Fsp3) is 0.211. The predicted octanol–water partition coefficient (Wildman–Crippen LogP) is 2.47. The minimum absolute atomic E-state index is 0.253. The van der Waals surface area contributed by atoms with Gasteiger partial charge >= 0.3 is 0 Å². The second kappa shape index (κ2) is 8.50. The number of thiazole rings is 1. The quantitative estimate of drug-likeness (QED) is 0.610. The molecule has 0 saturated carbocycles. The third kappa shape index (κ3) is 4.35. The third-order valence-corrected chi connectivity index (χ3v) is 4.87. The lowest BCUT2D eigenvalue weighted by Crippen LogP contribution is -2.34. The molecule has 140 valence electrons. The summed E-state index contributed by atoms with van der Waals surface area (Å²) < 4.78 is 11.3. The van der Waals surface area contributed by atoms with Crippen LogP contribution in [0.3, 0.4) is 0 Å². The highest BCUT2D eigenvalue weighted by Gasteiger charge is 2.13. The van der Waals surface area contributed by atoms with Gasteiger partial charge in [-0.25, -0.2) is 4.98 Å². The van der Waals surface area contributed by atoms with Crippen molar-refractivity contribution >= 4 is 33.4 Å². The molecule has 2 N–H and O–H groups in total. The van der Waals surface area contributed by atoms with Crippen LogP contribution in [0.15, 0.2) is 42.5 Å². The highest BCUT2D eigenvalue weighted by Crippen LogP contribution is 2.27. The number of carbonyl (C=O) groups excluding carboxylic acids is 2. The van der Waals surface area contributed by atoms with E-state index in [9.17, 15) is 9.59 Å². The first-order chi connectivity index (χ1) is 13.1. The monoisotopic (exact) mass is 385 g/mol. The highest BCUT2D eigenvalue weighted by molar-refractivity contribution is 7.20. The lowest BCUT2D eigenvalue weighted by Gasteiger charge is -2.10. The van der Waals surface area contributed by atoms with E-state index < -0.39 is 0 Å². The molecule has 0 fully saturated rings. The summed E-state index contributed by atoms with van der Waals surface area (Å²) in [4.78, 5) is 28.7. The van der Waals surface area contributed by atoms with Crippen LogP contribution in [0.4, 0.5) is 0 Å². The standard InChI is InChI=1S/C19H19N3O4S/c1-25-14-8-7-12(11-15(14)26-2)17(23)20-9-10-21-18(24)19-22-13-5-3-4-6-16(13)27-19/h3-8,11H,9-10H2,1-2H3,(H,20,23)(H,21,24). The fourth-order valence-corrected chi connectivity index (χ4v) is 3.36. The van der Waals surface area contributed by atoms with Crippen molar-refractivity contribution in [2.24, 2.45) is 0 Å². The molecule has 0 spiro atoms. The SMILES string of the molecule is COc1ccc(C(=O)NCCNC(=O)c2nc3ccccc3s2)cc1OC. The lowest BCUT2D eigenvalue weighted by atomic mass is 10.2. The summed E-state index contributed by atoms with van der Waals surface area (Å²) in [6, 6.07) is 12.5. The molecule has 7 nitrogen and oxygen atoms in total. The Morgan fingerprint density at radius 2 is 1.67 bits per heavy atom. The van der Waals surface area contributed by atoms with Gasteiger partial charge in [-0.1, -0.05) is 12.1 Å². The number of aromatic nitrogens is 1. The number of para-hydroxylation sites is 1. The molecule has 1 heterocycles. The number of fused-ring (bicyclic) bond motifs is 1. The Bertz CT molecular complexity index is 937. The minimum atomic E-state index is -0.259. The lowest BCUT2D eigenvalue weighted by molar-refractivity contribution is 0.0927. The molecule has 2 amide bonds. The van der Waals surface area contributed by atoms with Gasteiger partial charge in [0.2, 0.25) is 0 Å². The summed E-state index contributed by atoms with van der Waals surface area (Å²) in [7, 11) is 3.04. The normalized spacial score (nSPS) is 10.4. The summed E-state index contributed by atoms with van der Waals surface area (Å²) in [5.74, 6) is 0.521. The second-order valence-electron chi connectivity index (χ2n) is 5.57. The first kappa shape index (κ1) is 18.7. The molecular weight excluding hydrogens is 366 g/mol. The van der Waals surface area contributed by atoms with Crippen LogP contribution < -0.4 is 20.1 Å². The molecule has 0 unspecified atom stereocenters. The first-order valence-electron chi connectivity index (χ1n) is 8.26. The highest BCUT2D eigenvalue weighted by atomic mass is 32.1. The molecule has 0 aliphatic carbocycles. The largest absolute Gasteiger partial charge is 0.493 e. The van der Waals surface area contributed by atoms with Crippen molar-refractivity contribution in [2.45, 2.75) is 0 Å². The van der Waals surface area contributed by atoms with E-state index in [1.807, 2.05) is 24.3 Å². The number of nitrogens with one attached hydrogen (secondary N) is 2. The maximum atomic E-state index is 12.2. The van der Waals surface area contributed by atoms with Crippen molar-refractivity contribution in [1.29, 1.82) is 0 Å². The predicted molar refractivity (Wildman–Crippen MR) is 104 cm³/mol. The number of methoxy groups -OCH3 is 2. The molecule has 3 aromatic rings. The zero-order chi connectivity index (χ0) is 19.2. The molecule has 8 heteroatoms. The van der Waals surface area contributed by atoms with E-state index in [4.69, 9.17) is 9.47 Å². The molecule has 1 aromatic heterocycles. The Hall–Kier alpha value is -3.13. The molecule has 2 aromatic carbocycles. The molecular formula is C19H19N3O4S. The second-order valence-corrected chi connectivity index (χ2v) is 6.60. The number of benzene rings is 2. The summed E-state index contributed by atoms with van der Waals surface area (Å²) >= 11 is 1.34. The smallest absolute Gasteiger partial charge is 0.280 e. The van der Waals surface area contributed by atoms with Crippen LogP contribution in [-0.2, 0) is 0 Å². The molecule has 0 aliphatic heterocycles. The molecule has 0 atom stereocenters. The zero-order valence-electron chi connectivity index (χ0n) is 14.9. The topological polar surface area (TPSA) is 89.6 Å². The zero-order valence-corrected chi connectivity index (χ0v) is 15.8. The Labute approximate surface area is 160 Å². The van der Waals surface area contributed by atoms with Gasteiger partial charge in [-0.05, 0) is 30.3 Å². The minimum Gasteiger partial charge on any atom is -0.493 e. The fourth-order valence-electron chi connectivity index (χ4n) is 2.48. The van der Waals surface area contributed by atoms with Gasteiger partial charge in [-0.3, -0.25) is 9.59 Å². The van der Waals surface area contributed by atoms with Crippen molar-refractivity contribution in [3.8, 4) is 11.5 Å². The molecule has 0 saturated heterocycles. The molecule has 27 heavy (non-hydrogen) atoms. The van der Waals surface area contributed by atoms with E-state index in [1.54, 1.807) is 18.2 Å². The van der Waals surface area contributed by atoms with Gasteiger partial charge in [0.1, 0.15) is 0 Å². The van der Waals surface area contributed by atoms with E-state index in [-0.39, 0.29) is 11.8 Å². The maximum absolute atomic E-state index is 12.2. The van der Waals surface area contributed by atoms with Crippen molar-refractivity contribution in [3.05, 3.63) is 53.0 Å². The van der Waals surface area contributed by atoms with Gasteiger partial charge < -0.3 is 20.1 Å². The van der Waals surface area contributed by atoms with Gasteiger partial charge in [0.25, 0.3) is 11.8 Å². The Morgan fingerprint density at radius 3 is 2.37 bits per heavy atom. The number of nitrogens with zero attached hydrogens (tertiary/aromatic N) is 1. The molecule has 0 radical (unpaired) electrons. The van der Waals surface area contributed by atoms with E-state index in [0.717, 1.165) is 10.2 Å². The van der Waals surface area contributed by atoms with Gasteiger partial charge in [0, 0.05) is 18.7 Å². The van der Waals surface area contributed by atoms with Gasteiger partial charge in [-0.2, -0.15) is 0 Å². The summed E-state index contributed by atoms with van der Waals surface area (Å²) in [6.07, 6.45) is 0. The van der Waals surface area contributed by atoms with Crippen LogP contribution in [0.1, 0.15) is 20.2 Å². The van der Waals surface area contributed by atoms with E-state index in [2.05, 4.69) is 15.6 Å². The molecule has 0 aliphatic rings. The van der Waals surface area contributed by atoms with Crippen LogP contribution >= 0.6 is 11.3 Å². The summed E-state index contributed by atoms with van der Waals surface area (Å²) in [6.45, 7) is 0.595. The third-order valence-electron chi connectivity index (χ3n) is 3.83. The van der Waals surface area contributed by atoms with E-state index in [1.165, 1.54) is 25.6 Å². The number of hydrogen-bond acceptors (Lipinski definition) is 6. The molecule has 3 rings (SSSR count). The van der Waals surface area contributed by atoms with E-state index >= 15 is 0 Å². The Morgan fingerprint density at radius 1 is 0.963 bits per heavy atom. The van der Waals surface area contributed by atoms with Crippen LogP contribution in [0, 0.1) is 0 Å². The summed E-state index contributed by atoms with van der Waals surface area (Å²) in [5.41, 5.74) is 1.25. The van der Waals surface area contributed by atoms with Crippen molar-refractivity contribution in [3.63, 3.8) is 0 Å². The van der Waals surface area contributed by atoms with Crippen LogP contribution in [0.25, 0.3) is 10.2 Å². The van der Waals surface area contributed by atoms with Crippen LogP contribution in [-0.4, -0.2) is 44.1 Å². The Balaban J connectivity index is 1.50. The molecule has 0 bridgehead atoms. The number of rotatable bonds is 7. The first-order valence-corrected chi connectivity index (χ1v) is 9.08. The van der Waals surface area contributed by atoms with Crippen LogP contribution in [0.2, 0.25) is 0 Å². The van der Waals surface area contributed by atoms with Crippen LogP contribution in [0.5, 0.6) is 11.5 Å². The number of amides is 2.